The average Bonchev–Trinajstić information content (AvgIpc) is 3.00. The smallest absolute Gasteiger partial charge is 0.340 e. The SMILES string of the molecule is CCCc1cc(OS(=O)(=O)c2ccc(F)cc2)n(-c2ccc(Cl)c(Cl)c2)n1. The Balaban J connectivity index is 2.03. The normalized spacial score (nSPS) is 11.6. The molecule has 142 valence electrons. The average molecular weight is 429 g/mol. The minimum Gasteiger partial charge on any atom is -0.358 e. The quantitative estimate of drug-likeness (QED) is 0.516. The molecule has 0 saturated carbocycles. The maximum atomic E-state index is 13.1. The number of aromatic nitrogens is 2. The Morgan fingerprint density at radius 3 is 2.41 bits per heavy atom. The number of benzene rings is 2. The molecule has 0 aliphatic heterocycles. The maximum absolute atomic E-state index is 13.1. The van der Waals surface area contributed by atoms with Crippen molar-refractivity contribution in [3.05, 3.63) is 70.1 Å². The lowest BCUT2D eigenvalue weighted by atomic mass is 10.3. The molecule has 27 heavy (non-hydrogen) atoms. The van der Waals surface area contributed by atoms with Crippen LogP contribution in [0.1, 0.15) is 19.0 Å². The van der Waals surface area contributed by atoms with Gasteiger partial charge in [0, 0.05) is 6.07 Å². The highest BCUT2D eigenvalue weighted by Crippen LogP contribution is 2.29. The summed E-state index contributed by atoms with van der Waals surface area (Å²) in [6, 6.07) is 10.7. The molecule has 1 aromatic heterocycles. The molecule has 0 saturated heterocycles. The zero-order chi connectivity index (χ0) is 19.6. The van der Waals surface area contributed by atoms with Crippen LogP contribution in [0.4, 0.5) is 4.39 Å². The van der Waals surface area contributed by atoms with E-state index < -0.39 is 15.9 Å². The molecule has 0 aliphatic carbocycles. The summed E-state index contributed by atoms with van der Waals surface area (Å²) in [5.41, 5.74) is 1.16. The summed E-state index contributed by atoms with van der Waals surface area (Å²) in [5.74, 6) is -0.541. The van der Waals surface area contributed by atoms with Gasteiger partial charge in [-0.3, -0.25) is 0 Å². The number of hydrogen-bond donors (Lipinski definition) is 0. The van der Waals surface area contributed by atoms with Gasteiger partial charge in [-0.15, -0.1) is 0 Å². The number of rotatable bonds is 6. The Morgan fingerprint density at radius 2 is 1.78 bits per heavy atom. The number of nitrogens with zero attached hydrogens (tertiary/aromatic N) is 2. The predicted molar refractivity (Wildman–Crippen MR) is 102 cm³/mol. The van der Waals surface area contributed by atoms with Crippen molar-refractivity contribution in [2.24, 2.45) is 0 Å². The highest BCUT2D eigenvalue weighted by atomic mass is 35.5. The van der Waals surface area contributed by atoms with Crippen molar-refractivity contribution in [1.29, 1.82) is 0 Å². The zero-order valence-corrected chi connectivity index (χ0v) is 16.5. The molecule has 0 unspecified atom stereocenters. The lowest BCUT2D eigenvalue weighted by molar-refractivity contribution is 0.464. The monoisotopic (exact) mass is 428 g/mol. The summed E-state index contributed by atoms with van der Waals surface area (Å²) in [6.07, 6.45) is 1.46. The van der Waals surface area contributed by atoms with Gasteiger partial charge in [-0.2, -0.15) is 18.2 Å². The van der Waals surface area contributed by atoms with Crippen LogP contribution in [-0.4, -0.2) is 18.2 Å². The summed E-state index contributed by atoms with van der Waals surface area (Å²) in [5, 5.41) is 5.06. The first-order valence-corrected chi connectivity index (χ1v) is 10.2. The maximum Gasteiger partial charge on any atom is 0.340 e. The number of hydrogen-bond acceptors (Lipinski definition) is 4. The van der Waals surface area contributed by atoms with E-state index in [9.17, 15) is 12.8 Å². The van der Waals surface area contributed by atoms with E-state index in [1.54, 1.807) is 24.3 Å². The third kappa shape index (κ3) is 4.43. The van der Waals surface area contributed by atoms with Gasteiger partial charge < -0.3 is 4.18 Å². The van der Waals surface area contributed by atoms with Crippen LogP contribution in [0.2, 0.25) is 10.0 Å². The molecular weight excluding hydrogens is 414 g/mol. The Bertz CT molecular complexity index is 1070. The molecule has 3 rings (SSSR count). The summed E-state index contributed by atoms with van der Waals surface area (Å²) >= 11 is 12.0. The van der Waals surface area contributed by atoms with Gasteiger partial charge in [0.1, 0.15) is 10.7 Å². The van der Waals surface area contributed by atoms with Gasteiger partial charge in [0.05, 0.1) is 21.4 Å². The molecule has 0 bridgehead atoms. The summed E-state index contributed by atoms with van der Waals surface area (Å²) in [6.45, 7) is 1.98. The van der Waals surface area contributed by atoms with Crippen LogP contribution in [0.25, 0.3) is 5.69 Å². The van der Waals surface area contributed by atoms with E-state index in [4.69, 9.17) is 27.4 Å². The first-order valence-electron chi connectivity index (χ1n) is 8.04. The van der Waals surface area contributed by atoms with Gasteiger partial charge in [-0.05, 0) is 48.9 Å². The Hall–Kier alpha value is -2.09. The minimum absolute atomic E-state index is 0.00108. The van der Waals surface area contributed by atoms with Crippen molar-refractivity contribution in [1.82, 2.24) is 9.78 Å². The molecule has 5 nitrogen and oxygen atoms in total. The van der Waals surface area contributed by atoms with Crippen molar-refractivity contribution in [3.63, 3.8) is 0 Å². The molecule has 0 spiro atoms. The second kappa shape index (κ2) is 7.88. The van der Waals surface area contributed by atoms with Crippen LogP contribution in [0.5, 0.6) is 5.88 Å². The molecule has 2 aromatic carbocycles. The van der Waals surface area contributed by atoms with Gasteiger partial charge >= 0.3 is 10.1 Å². The van der Waals surface area contributed by atoms with Crippen molar-refractivity contribution >= 4 is 33.3 Å². The summed E-state index contributed by atoms with van der Waals surface area (Å²) in [4.78, 5) is -0.164. The molecule has 0 amide bonds. The van der Waals surface area contributed by atoms with Gasteiger partial charge in [-0.1, -0.05) is 36.5 Å². The van der Waals surface area contributed by atoms with Crippen molar-refractivity contribution in [3.8, 4) is 11.6 Å². The third-order valence-electron chi connectivity index (χ3n) is 3.68. The second-order valence-corrected chi connectivity index (χ2v) is 8.09. The zero-order valence-electron chi connectivity index (χ0n) is 14.2. The van der Waals surface area contributed by atoms with Crippen LogP contribution in [0.3, 0.4) is 0 Å². The Kier molecular flexibility index (Phi) is 5.74. The Morgan fingerprint density at radius 1 is 1.07 bits per heavy atom. The van der Waals surface area contributed by atoms with Crippen LogP contribution in [0, 0.1) is 5.82 Å². The molecule has 1 heterocycles. The number of halogens is 3. The van der Waals surface area contributed by atoms with E-state index in [-0.39, 0.29) is 10.8 Å². The van der Waals surface area contributed by atoms with Crippen LogP contribution < -0.4 is 4.18 Å². The van der Waals surface area contributed by atoms with E-state index in [0.29, 0.717) is 27.8 Å². The summed E-state index contributed by atoms with van der Waals surface area (Å²) < 4.78 is 44.8. The van der Waals surface area contributed by atoms with E-state index in [1.165, 1.54) is 4.68 Å². The largest absolute Gasteiger partial charge is 0.358 e. The highest BCUT2D eigenvalue weighted by molar-refractivity contribution is 7.87. The first-order chi connectivity index (χ1) is 12.8. The van der Waals surface area contributed by atoms with Crippen molar-refractivity contribution in [2.75, 3.05) is 0 Å². The third-order valence-corrected chi connectivity index (χ3v) is 5.66. The molecule has 0 N–H and O–H groups in total. The topological polar surface area (TPSA) is 61.2 Å². The second-order valence-electron chi connectivity index (χ2n) is 5.73. The highest BCUT2D eigenvalue weighted by Gasteiger charge is 2.21. The van der Waals surface area contributed by atoms with E-state index in [0.717, 1.165) is 30.7 Å². The van der Waals surface area contributed by atoms with Crippen LogP contribution >= 0.6 is 23.2 Å². The predicted octanol–water partition coefficient (Wildman–Crippen LogP) is 5.04. The molecule has 3 aromatic rings. The Labute approximate surface area is 166 Å². The molecule has 0 aliphatic rings. The number of aryl methyl sites for hydroxylation is 1. The van der Waals surface area contributed by atoms with Crippen molar-refractivity contribution < 1.29 is 17.0 Å². The fraction of sp³-hybridized carbons (Fsp3) is 0.167. The van der Waals surface area contributed by atoms with Gasteiger partial charge in [-0.25, -0.2) is 4.39 Å². The fourth-order valence-corrected chi connectivity index (χ4v) is 3.61. The molecule has 0 atom stereocenters. The van der Waals surface area contributed by atoms with E-state index in [2.05, 4.69) is 5.10 Å². The standard InChI is InChI=1S/C18H15Cl2FN2O3S/c1-2-3-13-10-18(23(22-13)14-6-9-16(19)17(20)11-14)26-27(24,25)15-7-4-12(21)5-8-15/h4-11H,2-3H2,1H3. The van der Waals surface area contributed by atoms with Crippen molar-refractivity contribution in [2.45, 2.75) is 24.7 Å². The van der Waals surface area contributed by atoms with Crippen LogP contribution in [-0.2, 0) is 16.5 Å². The van der Waals surface area contributed by atoms with Gasteiger partial charge in [0.25, 0.3) is 0 Å². The molecule has 0 fully saturated rings. The van der Waals surface area contributed by atoms with Crippen LogP contribution in [0.15, 0.2) is 53.4 Å². The van der Waals surface area contributed by atoms with E-state index >= 15 is 0 Å². The molecular formula is C18H15Cl2FN2O3S. The first kappa shape index (κ1) is 19.7. The van der Waals surface area contributed by atoms with E-state index in [1.807, 2.05) is 6.92 Å². The minimum atomic E-state index is -4.17. The molecule has 0 radical (unpaired) electrons. The summed E-state index contributed by atoms with van der Waals surface area (Å²) in [7, 11) is -4.17. The fourth-order valence-electron chi connectivity index (χ4n) is 2.41. The molecule has 9 heteroatoms. The van der Waals surface area contributed by atoms with Gasteiger partial charge in [0.15, 0.2) is 0 Å². The lowest BCUT2D eigenvalue weighted by Gasteiger charge is -2.10. The lowest BCUT2D eigenvalue weighted by Crippen LogP contribution is -2.12. The van der Waals surface area contributed by atoms with Gasteiger partial charge in [0.2, 0.25) is 5.88 Å².